The van der Waals surface area contributed by atoms with Gasteiger partial charge in [-0.2, -0.15) is 0 Å². The van der Waals surface area contributed by atoms with Gasteiger partial charge in [0, 0.05) is 12.8 Å². The highest BCUT2D eigenvalue weighted by molar-refractivity contribution is 7.90. The zero-order chi connectivity index (χ0) is 14.9. The monoisotopic (exact) mass is 319 g/mol. The van der Waals surface area contributed by atoms with Gasteiger partial charge in [0.15, 0.2) is 9.84 Å². The third-order valence-electron chi connectivity index (χ3n) is 3.06. The van der Waals surface area contributed by atoms with Crippen LogP contribution in [0.1, 0.15) is 5.56 Å². The van der Waals surface area contributed by atoms with E-state index >= 15 is 0 Å². The topological polar surface area (TPSA) is 72.0 Å². The molecule has 7 heteroatoms. The summed E-state index contributed by atoms with van der Waals surface area (Å²) in [6.45, 7) is 0.396. The number of hydrogen-bond donors (Lipinski definition) is 1. The fourth-order valence-electron chi connectivity index (χ4n) is 2.11. The molecule has 5 nitrogen and oxygen atoms in total. The molecule has 0 saturated heterocycles. The maximum absolute atomic E-state index is 11.8. The molecule has 0 saturated carbocycles. The minimum atomic E-state index is -3.24. The molecule has 1 N–H and O–H groups in total. The largest absolute Gasteiger partial charge is 0.365 e. The lowest BCUT2D eigenvalue weighted by Crippen LogP contribution is -2.07. The summed E-state index contributed by atoms with van der Waals surface area (Å²) in [5, 5.41) is 5.15. The zero-order valence-electron chi connectivity index (χ0n) is 11.3. The van der Waals surface area contributed by atoms with Crippen LogP contribution in [0.15, 0.2) is 46.9 Å². The fraction of sp³-hybridized carbons (Fsp3) is 0.143. The van der Waals surface area contributed by atoms with E-state index in [9.17, 15) is 8.42 Å². The molecular formula is C14H13N3O2S2. The predicted molar refractivity (Wildman–Crippen MR) is 84.3 cm³/mol. The minimum absolute atomic E-state index is 0.342. The zero-order valence-corrected chi connectivity index (χ0v) is 12.9. The molecule has 0 aliphatic carbocycles. The van der Waals surface area contributed by atoms with Crippen molar-refractivity contribution in [3.63, 3.8) is 0 Å². The lowest BCUT2D eigenvalue weighted by atomic mass is 10.2. The van der Waals surface area contributed by atoms with Gasteiger partial charge in [-0.25, -0.2) is 18.4 Å². The van der Waals surface area contributed by atoms with Crippen molar-refractivity contribution in [3.05, 3.63) is 47.6 Å². The standard InChI is InChI=1S/C14H13N3O2S2/c1-21(18,19)12-5-3-2-4-10(12)8-15-14-13-11(6-7-20-13)16-9-17-14/h2-7,9H,8H2,1H3,(H,15,16,17). The second kappa shape index (κ2) is 5.42. The van der Waals surface area contributed by atoms with E-state index in [4.69, 9.17) is 0 Å². The van der Waals surface area contributed by atoms with E-state index < -0.39 is 9.84 Å². The normalized spacial score (nSPS) is 11.7. The second-order valence-corrected chi connectivity index (χ2v) is 7.49. The smallest absolute Gasteiger partial charge is 0.175 e. The molecule has 0 atom stereocenters. The van der Waals surface area contributed by atoms with Gasteiger partial charge in [0.1, 0.15) is 12.1 Å². The highest BCUT2D eigenvalue weighted by Crippen LogP contribution is 2.25. The van der Waals surface area contributed by atoms with E-state index in [2.05, 4.69) is 15.3 Å². The van der Waals surface area contributed by atoms with Crippen LogP contribution in [0, 0.1) is 0 Å². The summed E-state index contributed by atoms with van der Waals surface area (Å²) < 4.78 is 24.5. The van der Waals surface area contributed by atoms with Crippen LogP contribution < -0.4 is 5.32 Å². The Morgan fingerprint density at radius 1 is 1.19 bits per heavy atom. The van der Waals surface area contributed by atoms with Crippen molar-refractivity contribution in [3.8, 4) is 0 Å². The molecule has 0 aliphatic heterocycles. The Morgan fingerprint density at radius 3 is 2.81 bits per heavy atom. The molecule has 2 heterocycles. The Balaban J connectivity index is 1.91. The molecule has 0 aliphatic rings. The summed E-state index contributed by atoms with van der Waals surface area (Å²) in [5.41, 5.74) is 1.61. The summed E-state index contributed by atoms with van der Waals surface area (Å²) in [6, 6.07) is 8.90. The maximum Gasteiger partial charge on any atom is 0.175 e. The summed E-state index contributed by atoms with van der Waals surface area (Å²) in [7, 11) is -3.24. The maximum atomic E-state index is 11.8. The Kier molecular flexibility index (Phi) is 3.60. The third-order valence-corrected chi connectivity index (χ3v) is 5.17. The molecule has 1 aromatic carbocycles. The summed E-state index contributed by atoms with van der Waals surface area (Å²) in [5.74, 6) is 0.721. The van der Waals surface area contributed by atoms with Crippen molar-refractivity contribution in [1.82, 2.24) is 9.97 Å². The molecule has 0 spiro atoms. The number of benzene rings is 1. The van der Waals surface area contributed by atoms with Crippen LogP contribution >= 0.6 is 11.3 Å². The number of anilines is 1. The third kappa shape index (κ3) is 2.88. The number of fused-ring (bicyclic) bond motifs is 1. The van der Waals surface area contributed by atoms with Crippen LogP contribution in [0.25, 0.3) is 10.2 Å². The Labute approximate surface area is 126 Å². The van der Waals surface area contributed by atoms with Crippen LogP contribution in [0.3, 0.4) is 0 Å². The Bertz CT molecular complexity index is 888. The first kappa shape index (κ1) is 14.0. The highest BCUT2D eigenvalue weighted by Gasteiger charge is 2.13. The van der Waals surface area contributed by atoms with Gasteiger partial charge >= 0.3 is 0 Å². The van der Waals surface area contributed by atoms with Gasteiger partial charge in [-0.3, -0.25) is 0 Å². The summed E-state index contributed by atoms with van der Waals surface area (Å²) in [6.07, 6.45) is 2.72. The molecule has 0 unspecified atom stereocenters. The van der Waals surface area contributed by atoms with Gasteiger partial charge in [-0.05, 0) is 23.1 Å². The van der Waals surface area contributed by atoms with Gasteiger partial charge in [-0.15, -0.1) is 11.3 Å². The van der Waals surface area contributed by atoms with Gasteiger partial charge in [-0.1, -0.05) is 18.2 Å². The second-order valence-electron chi connectivity index (χ2n) is 4.59. The quantitative estimate of drug-likeness (QED) is 0.800. The van der Waals surface area contributed by atoms with Crippen molar-refractivity contribution in [1.29, 1.82) is 0 Å². The Hall–Kier alpha value is -1.99. The number of sulfone groups is 1. The van der Waals surface area contributed by atoms with Gasteiger partial charge in [0.05, 0.1) is 15.1 Å². The first-order valence-electron chi connectivity index (χ1n) is 6.26. The van der Waals surface area contributed by atoms with Crippen molar-refractivity contribution in [2.45, 2.75) is 11.4 Å². The molecule has 3 rings (SSSR count). The molecule has 21 heavy (non-hydrogen) atoms. The number of nitrogens with zero attached hydrogens (tertiary/aromatic N) is 2. The number of hydrogen-bond acceptors (Lipinski definition) is 6. The van der Waals surface area contributed by atoms with E-state index in [0.717, 1.165) is 21.6 Å². The number of thiophene rings is 1. The molecular weight excluding hydrogens is 306 g/mol. The average molecular weight is 319 g/mol. The van der Waals surface area contributed by atoms with Crippen molar-refractivity contribution >= 4 is 37.2 Å². The van der Waals surface area contributed by atoms with E-state index in [0.29, 0.717) is 11.4 Å². The number of aromatic nitrogens is 2. The fourth-order valence-corrected chi connectivity index (χ4v) is 3.86. The molecule has 2 aromatic heterocycles. The molecule has 0 radical (unpaired) electrons. The highest BCUT2D eigenvalue weighted by atomic mass is 32.2. The lowest BCUT2D eigenvalue weighted by Gasteiger charge is -2.10. The number of rotatable bonds is 4. The van der Waals surface area contributed by atoms with Crippen molar-refractivity contribution in [2.24, 2.45) is 0 Å². The van der Waals surface area contributed by atoms with Crippen molar-refractivity contribution < 1.29 is 8.42 Å². The SMILES string of the molecule is CS(=O)(=O)c1ccccc1CNc1ncnc2ccsc12. The van der Waals surface area contributed by atoms with Gasteiger partial charge in [0.25, 0.3) is 0 Å². The number of nitrogens with one attached hydrogen (secondary N) is 1. The van der Waals surface area contributed by atoms with Crippen LogP contribution in [0.2, 0.25) is 0 Å². The van der Waals surface area contributed by atoms with Gasteiger partial charge < -0.3 is 5.32 Å². The predicted octanol–water partition coefficient (Wildman–Crippen LogP) is 2.71. The summed E-state index contributed by atoms with van der Waals surface area (Å²) in [4.78, 5) is 8.74. The minimum Gasteiger partial charge on any atom is -0.365 e. The van der Waals surface area contributed by atoms with E-state index in [1.165, 1.54) is 12.6 Å². The van der Waals surface area contributed by atoms with Gasteiger partial charge in [0.2, 0.25) is 0 Å². The molecule has 108 valence electrons. The van der Waals surface area contributed by atoms with E-state index in [1.807, 2.05) is 17.5 Å². The lowest BCUT2D eigenvalue weighted by molar-refractivity contribution is 0.601. The molecule has 3 aromatic rings. The Morgan fingerprint density at radius 2 is 2.00 bits per heavy atom. The van der Waals surface area contributed by atoms with Crippen LogP contribution in [0.5, 0.6) is 0 Å². The van der Waals surface area contributed by atoms with Crippen molar-refractivity contribution in [2.75, 3.05) is 11.6 Å². The molecule has 0 bridgehead atoms. The van der Waals surface area contributed by atoms with Crippen LogP contribution in [-0.4, -0.2) is 24.6 Å². The summed E-state index contributed by atoms with van der Waals surface area (Å²) >= 11 is 1.55. The first-order valence-corrected chi connectivity index (χ1v) is 9.03. The average Bonchev–Trinajstić information content (AvgIpc) is 2.93. The van der Waals surface area contributed by atoms with E-state index in [-0.39, 0.29) is 0 Å². The first-order chi connectivity index (χ1) is 10.1. The van der Waals surface area contributed by atoms with Crippen LogP contribution in [-0.2, 0) is 16.4 Å². The van der Waals surface area contributed by atoms with E-state index in [1.54, 1.807) is 29.5 Å². The molecule has 0 amide bonds. The van der Waals surface area contributed by atoms with Crippen LogP contribution in [0.4, 0.5) is 5.82 Å². The molecule has 0 fully saturated rings.